The van der Waals surface area contributed by atoms with Crippen molar-refractivity contribution >= 4 is 23.2 Å². The van der Waals surface area contributed by atoms with Crippen molar-refractivity contribution in [1.82, 2.24) is 15.4 Å². The van der Waals surface area contributed by atoms with E-state index in [-0.39, 0.29) is 5.69 Å². The minimum absolute atomic E-state index is 0.171. The number of rotatable bonds is 1. The molecule has 0 radical (unpaired) electrons. The summed E-state index contributed by atoms with van der Waals surface area (Å²) in [5, 5.41) is 19.6. The SMILES string of the molecule is N#Cc1n[nH]nc1-c1c(Cl)cccc1Cl. The number of aromatic amines is 1. The molecule has 74 valence electrons. The molecule has 1 aromatic heterocycles. The van der Waals surface area contributed by atoms with Crippen LogP contribution in [0.5, 0.6) is 0 Å². The molecule has 1 aromatic carbocycles. The molecule has 2 rings (SSSR count). The molecule has 15 heavy (non-hydrogen) atoms. The van der Waals surface area contributed by atoms with Crippen LogP contribution >= 0.6 is 23.2 Å². The van der Waals surface area contributed by atoms with Gasteiger partial charge in [0.25, 0.3) is 0 Å². The fourth-order valence-electron chi connectivity index (χ4n) is 1.21. The van der Waals surface area contributed by atoms with Crippen molar-refractivity contribution in [2.75, 3.05) is 0 Å². The molecule has 0 atom stereocenters. The fourth-order valence-corrected chi connectivity index (χ4v) is 1.78. The highest BCUT2D eigenvalue weighted by molar-refractivity contribution is 6.39. The predicted molar refractivity (Wildman–Crippen MR) is 56.6 cm³/mol. The van der Waals surface area contributed by atoms with Crippen LogP contribution < -0.4 is 0 Å². The van der Waals surface area contributed by atoms with Gasteiger partial charge in [-0.2, -0.15) is 15.6 Å². The van der Waals surface area contributed by atoms with Gasteiger partial charge in [-0.15, -0.1) is 5.10 Å². The molecule has 0 aliphatic carbocycles. The molecule has 1 heterocycles. The highest BCUT2D eigenvalue weighted by Crippen LogP contribution is 2.34. The van der Waals surface area contributed by atoms with Gasteiger partial charge in [0.05, 0.1) is 10.0 Å². The third-order valence-corrected chi connectivity index (χ3v) is 2.48. The zero-order valence-corrected chi connectivity index (χ0v) is 8.84. The first kappa shape index (κ1) is 9.97. The number of H-pyrrole nitrogens is 1. The van der Waals surface area contributed by atoms with Crippen molar-refractivity contribution in [2.45, 2.75) is 0 Å². The number of nitrogens with one attached hydrogen (secondary N) is 1. The topological polar surface area (TPSA) is 65.4 Å². The number of benzene rings is 1. The standard InChI is InChI=1S/C9H4Cl2N4/c10-5-2-1-3-6(11)8(5)9-7(4-12)13-15-14-9/h1-3H,(H,13,14,15). The minimum Gasteiger partial charge on any atom is -0.196 e. The summed E-state index contributed by atoms with van der Waals surface area (Å²) >= 11 is 11.9. The van der Waals surface area contributed by atoms with Crippen LogP contribution in [0.15, 0.2) is 18.2 Å². The van der Waals surface area contributed by atoms with E-state index in [0.29, 0.717) is 21.3 Å². The molecule has 2 aromatic rings. The normalized spacial score (nSPS) is 9.93. The molecule has 0 saturated heterocycles. The van der Waals surface area contributed by atoms with Crippen LogP contribution in [-0.4, -0.2) is 15.4 Å². The highest BCUT2D eigenvalue weighted by Gasteiger charge is 2.15. The number of aromatic nitrogens is 3. The van der Waals surface area contributed by atoms with Gasteiger partial charge < -0.3 is 0 Å². The van der Waals surface area contributed by atoms with Crippen molar-refractivity contribution in [3.63, 3.8) is 0 Å². The molecule has 0 aliphatic heterocycles. The van der Waals surface area contributed by atoms with E-state index in [1.807, 2.05) is 6.07 Å². The largest absolute Gasteiger partial charge is 0.196 e. The second-order valence-corrected chi connectivity index (χ2v) is 3.54. The van der Waals surface area contributed by atoms with Crippen LogP contribution in [0, 0.1) is 11.3 Å². The molecule has 4 nitrogen and oxygen atoms in total. The van der Waals surface area contributed by atoms with Gasteiger partial charge in [-0.05, 0) is 12.1 Å². The maximum atomic E-state index is 8.79. The Morgan fingerprint density at radius 1 is 1.20 bits per heavy atom. The lowest BCUT2D eigenvalue weighted by atomic mass is 10.1. The number of nitriles is 1. The van der Waals surface area contributed by atoms with Gasteiger partial charge in [0, 0.05) is 5.56 Å². The molecule has 6 heteroatoms. The lowest BCUT2D eigenvalue weighted by Gasteiger charge is -2.02. The average Bonchev–Trinajstić information content (AvgIpc) is 2.65. The predicted octanol–water partition coefficient (Wildman–Crippen LogP) is 2.65. The Morgan fingerprint density at radius 2 is 1.87 bits per heavy atom. The summed E-state index contributed by atoms with van der Waals surface area (Å²) in [6, 6.07) is 6.99. The Kier molecular flexibility index (Phi) is 2.58. The number of hydrogen-bond acceptors (Lipinski definition) is 3. The number of halogens is 2. The molecule has 0 spiro atoms. The fraction of sp³-hybridized carbons (Fsp3) is 0. The van der Waals surface area contributed by atoms with E-state index in [9.17, 15) is 0 Å². The number of hydrogen-bond donors (Lipinski definition) is 1. The van der Waals surface area contributed by atoms with Crippen molar-refractivity contribution < 1.29 is 0 Å². The van der Waals surface area contributed by atoms with Gasteiger partial charge in [-0.1, -0.05) is 29.3 Å². The van der Waals surface area contributed by atoms with E-state index in [1.54, 1.807) is 18.2 Å². The van der Waals surface area contributed by atoms with E-state index in [0.717, 1.165) is 0 Å². The summed E-state index contributed by atoms with van der Waals surface area (Å²) in [6.07, 6.45) is 0. The Hall–Kier alpha value is -1.57. The Balaban J connectivity index is 2.70. The van der Waals surface area contributed by atoms with Gasteiger partial charge in [0.2, 0.25) is 0 Å². The molecule has 0 bridgehead atoms. The van der Waals surface area contributed by atoms with Gasteiger partial charge in [-0.3, -0.25) is 0 Å². The number of nitrogens with zero attached hydrogens (tertiary/aromatic N) is 3. The molecule has 0 fully saturated rings. The van der Waals surface area contributed by atoms with Crippen molar-refractivity contribution in [1.29, 1.82) is 5.26 Å². The van der Waals surface area contributed by atoms with Crippen LogP contribution in [0.2, 0.25) is 10.0 Å². The molecule has 0 amide bonds. The third kappa shape index (κ3) is 1.67. The molecule has 0 unspecified atom stereocenters. The summed E-state index contributed by atoms with van der Waals surface area (Å²) in [6.45, 7) is 0. The van der Waals surface area contributed by atoms with Crippen molar-refractivity contribution in [2.24, 2.45) is 0 Å². The smallest absolute Gasteiger partial charge is 0.190 e. The van der Waals surface area contributed by atoms with Gasteiger partial charge in [0.15, 0.2) is 5.69 Å². The highest BCUT2D eigenvalue weighted by atomic mass is 35.5. The van der Waals surface area contributed by atoms with E-state index >= 15 is 0 Å². The van der Waals surface area contributed by atoms with Crippen LogP contribution in [0.3, 0.4) is 0 Å². The van der Waals surface area contributed by atoms with E-state index < -0.39 is 0 Å². The van der Waals surface area contributed by atoms with Crippen LogP contribution in [-0.2, 0) is 0 Å². The molecule has 1 N–H and O–H groups in total. The quantitative estimate of drug-likeness (QED) is 0.831. The van der Waals surface area contributed by atoms with Crippen LogP contribution in [0.1, 0.15) is 5.69 Å². The zero-order valence-electron chi connectivity index (χ0n) is 7.33. The van der Waals surface area contributed by atoms with Gasteiger partial charge >= 0.3 is 0 Å². The zero-order chi connectivity index (χ0) is 10.8. The van der Waals surface area contributed by atoms with Crippen LogP contribution in [0.25, 0.3) is 11.3 Å². The second kappa shape index (κ2) is 3.89. The Morgan fingerprint density at radius 3 is 2.47 bits per heavy atom. The average molecular weight is 239 g/mol. The summed E-state index contributed by atoms with van der Waals surface area (Å²) in [4.78, 5) is 0. The van der Waals surface area contributed by atoms with E-state index in [2.05, 4.69) is 15.4 Å². The first-order valence-corrected chi connectivity index (χ1v) is 4.75. The molecular formula is C9H4Cl2N4. The van der Waals surface area contributed by atoms with E-state index in [1.165, 1.54) is 0 Å². The maximum Gasteiger partial charge on any atom is 0.190 e. The van der Waals surface area contributed by atoms with E-state index in [4.69, 9.17) is 28.5 Å². The maximum absolute atomic E-state index is 8.79. The summed E-state index contributed by atoms with van der Waals surface area (Å²) in [5.41, 5.74) is 1.06. The van der Waals surface area contributed by atoms with Gasteiger partial charge in [-0.25, -0.2) is 0 Å². The Bertz CT molecular complexity index is 521. The third-order valence-electron chi connectivity index (χ3n) is 1.85. The lowest BCUT2D eigenvalue weighted by molar-refractivity contribution is 0.937. The molecule has 0 aliphatic rings. The first-order valence-electron chi connectivity index (χ1n) is 3.99. The summed E-state index contributed by atoms with van der Waals surface area (Å²) in [5.74, 6) is 0. The monoisotopic (exact) mass is 238 g/mol. The Labute approximate surface area is 95.4 Å². The summed E-state index contributed by atoms with van der Waals surface area (Å²) < 4.78 is 0. The second-order valence-electron chi connectivity index (χ2n) is 2.73. The van der Waals surface area contributed by atoms with Gasteiger partial charge in [0.1, 0.15) is 11.8 Å². The first-order chi connectivity index (χ1) is 7.24. The summed E-state index contributed by atoms with van der Waals surface area (Å²) in [7, 11) is 0. The van der Waals surface area contributed by atoms with Crippen molar-refractivity contribution in [3.8, 4) is 17.3 Å². The molecular weight excluding hydrogens is 235 g/mol. The van der Waals surface area contributed by atoms with Crippen LogP contribution in [0.4, 0.5) is 0 Å². The minimum atomic E-state index is 0.171. The molecule has 0 saturated carbocycles. The van der Waals surface area contributed by atoms with Crippen molar-refractivity contribution in [3.05, 3.63) is 33.9 Å². The lowest BCUT2D eigenvalue weighted by Crippen LogP contribution is -1.85.